The summed E-state index contributed by atoms with van der Waals surface area (Å²) in [7, 11) is 0. The Kier molecular flexibility index (Phi) is 4.56. The van der Waals surface area contributed by atoms with Crippen LogP contribution < -0.4 is 5.32 Å². The highest BCUT2D eigenvalue weighted by atomic mass is 32.2. The van der Waals surface area contributed by atoms with Gasteiger partial charge >= 0.3 is 11.9 Å². The number of hydrogen-bond donors (Lipinski definition) is 3. The van der Waals surface area contributed by atoms with E-state index in [1.807, 2.05) is 0 Å². The Balaban J connectivity index is 1.77. The lowest BCUT2D eigenvalue weighted by atomic mass is 9.98. The van der Waals surface area contributed by atoms with Gasteiger partial charge in [-0.1, -0.05) is 0 Å². The Morgan fingerprint density at radius 1 is 1.36 bits per heavy atom. The van der Waals surface area contributed by atoms with E-state index in [4.69, 9.17) is 0 Å². The number of hydrogen-bond acceptors (Lipinski definition) is 6. The standard InChI is InChI=1S/C15H14N2O6S2/c1-6-4-25-13-9(12(19)17(13)10(6)15(22)23)16-11(18)8(14(20)21)7-2-3-24-5-7/h2-3,5,8-9,13H,4H2,1H3,(H,16,18)(H,20,21)(H,22,23)/t8?,9?,13-/m1/s1. The summed E-state index contributed by atoms with van der Waals surface area (Å²) in [5.41, 5.74) is 0.859. The summed E-state index contributed by atoms with van der Waals surface area (Å²) >= 11 is 2.61. The number of fused-ring (bicyclic) bond motifs is 1. The zero-order valence-electron chi connectivity index (χ0n) is 13.0. The van der Waals surface area contributed by atoms with Crippen LogP contribution >= 0.6 is 23.1 Å². The highest BCUT2D eigenvalue weighted by Gasteiger charge is 2.54. The molecule has 10 heteroatoms. The number of thioether (sulfide) groups is 1. The molecule has 0 aromatic carbocycles. The Bertz CT molecular complexity index is 788. The minimum atomic E-state index is -1.40. The van der Waals surface area contributed by atoms with Crippen LogP contribution in [0.15, 0.2) is 28.1 Å². The zero-order valence-corrected chi connectivity index (χ0v) is 14.6. The van der Waals surface area contributed by atoms with Gasteiger partial charge in [0, 0.05) is 5.75 Å². The van der Waals surface area contributed by atoms with Crippen LogP contribution in [0.5, 0.6) is 0 Å². The topological polar surface area (TPSA) is 124 Å². The van der Waals surface area contributed by atoms with Crippen molar-refractivity contribution in [2.75, 3.05) is 5.75 Å². The van der Waals surface area contributed by atoms with Crippen molar-refractivity contribution < 1.29 is 29.4 Å². The van der Waals surface area contributed by atoms with Gasteiger partial charge in [0.05, 0.1) is 0 Å². The molecule has 2 aliphatic rings. The number of β-lactam (4-membered cyclic amide) rings is 1. The second kappa shape index (κ2) is 6.52. The molecular formula is C15H14N2O6S2. The molecule has 2 unspecified atom stereocenters. The molecule has 2 amide bonds. The van der Waals surface area contributed by atoms with Crippen LogP contribution in [-0.2, 0) is 19.2 Å². The van der Waals surface area contributed by atoms with Gasteiger partial charge in [0.1, 0.15) is 17.1 Å². The number of carboxylic acid groups (broad SMARTS) is 2. The lowest BCUT2D eigenvalue weighted by molar-refractivity contribution is -0.152. The number of rotatable bonds is 5. The predicted octanol–water partition coefficient (Wildman–Crippen LogP) is 0.675. The third-order valence-corrected chi connectivity index (χ3v) is 6.17. The molecule has 0 aliphatic carbocycles. The van der Waals surface area contributed by atoms with Gasteiger partial charge in [-0.3, -0.25) is 19.3 Å². The van der Waals surface area contributed by atoms with E-state index in [1.54, 1.807) is 23.8 Å². The number of thiophene rings is 1. The smallest absolute Gasteiger partial charge is 0.352 e. The molecule has 25 heavy (non-hydrogen) atoms. The van der Waals surface area contributed by atoms with E-state index in [0.29, 0.717) is 16.9 Å². The Hall–Kier alpha value is -2.33. The molecule has 0 saturated carbocycles. The maximum atomic E-state index is 12.4. The molecule has 3 N–H and O–H groups in total. The van der Waals surface area contributed by atoms with Crippen LogP contribution in [0.3, 0.4) is 0 Å². The van der Waals surface area contributed by atoms with Crippen LogP contribution in [0.2, 0.25) is 0 Å². The highest BCUT2D eigenvalue weighted by molar-refractivity contribution is 8.00. The number of carbonyl (C=O) groups is 4. The van der Waals surface area contributed by atoms with E-state index in [9.17, 15) is 29.4 Å². The minimum Gasteiger partial charge on any atom is -0.480 e. The molecule has 1 aromatic heterocycles. The Labute approximate surface area is 150 Å². The number of nitrogens with one attached hydrogen (secondary N) is 1. The third-order valence-electron chi connectivity index (χ3n) is 4.04. The van der Waals surface area contributed by atoms with Gasteiger partial charge in [-0.15, -0.1) is 11.8 Å². The monoisotopic (exact) mass is 382 g/mol. The fourth-order valence-electron chi connectivity index (χ4n) is 2.86. The summed E-state index contributed by atoms with van der Waals surface area (Å²) in [5, 5.41) is 23.8. The summed E-state index contributed by atoms with van der Waals surface area (Å²) in [4.78, 5) is 48.7. The van der Waals surface area contributed by atoms with Crippen LogP contribution in [0.1, 0.15) is 18.4 Å². The van der Waals surface area contributed by atoms with Crippen molar-refractivity contribution in [1.82, 2.24) is 10.2 Å². The average Bonchev–Trinajstić information content (AvgIpc) is 3.05. The minimum absolute atomic E-state index is 0.0631. The largest absolute Gasteiger partial charge is 0.480 e. The molecule has 2 aliphatic heterocycles. The first-order chi connectivity index (χ1) is 11.8. The van der Waals surface area contributed by atoms with E-state index in [0.717, 1.165) is 4.90 Å². The zero-order chi connectivity index (χ0) is 18.3. The normalized spacial score (nSPS) is 23.6. The molecule has 1 fully saturated rings. The van der Waals surface area contributed by atoms with Crippen molar-refractivity contribution in [3.63, 3.8) is 0 Å². The van der Waals surface area contributed by atoms with Crippen molar-refractivity contribution in [1.29, 1.82) is 0 Å². The first-order valence-electron chi connectivity index (χ1n) is 7.26. The van der Waals surface area contributed by atoms with Crippen LogP contribution in [-0.4, -0.2) is 56.0 Å². The molecule has 8 nitrogen and oxygen atoms in total. The quantitative estimate of drug-likeness (QED) is 0.505. The summed E-state index contributed by atoms with van der Waals surface area (Å²) in [6.07, 6.45) is 0. The maximum absolute atomic E-state index is 12.4. The maximum Gasteiger partial charge on any atom is 0.352 e. The SMILES string of the molecule is CC1=C(C(=O)O)N2C(=O)C(NC(=O)C(C(=O)O)c3ccsc3)[C@H]2SC1. The average molecular weight is 382 g/mol. The second-order valence-corrected chi connectivity index (χ2v) is 7.54. The molecule has 3 heterocycles. The van der Waals surface area contributed by atoms with E-state index < -0.39 is 41.1 Å². The van der Waals surface area contributed by atoms with Gasteiger partial charge in [0.25, 0.3) is 5.91 Å². The van der Waals surface area contributed by atoms with Gasteiger partial charge in [0.2, 0.25) is 5.91 Å². The molecule has 1 aromatic rings. The molecule has 1 saturated heterocycles. The van der Waals surface area contributed by atoms with Crippen molar-refractivity contribution in [3.05, 3.63) is 33.7 Å². The summed E-state index contributed by atoms with van der Waals surface area (Å²) in [6.45, 7) is 1.64. The number of nitrogens with zero attached hydrogens (tertiary/aromatic N) is 1. The first kappa shape index (κ1) is 17.5. The number of carboxylic acids is 2. The summed E-state index contributed by atoms with van der Waals surface area (Å²) in [6, 6.07) is 0.613. The molecule has 3 rings (SSSR count). The number of amides is 2. The molecule has 132 valence electrons. The van der Waals surface area contributed by atoms with Crippen molar-refractivity contribution in [3.8, 4) is 0 Å². The molecule has 0 radical (unpaired) electrons. The number of aliphatic carboxylic acids is 2. The van der Waals surface area contributed by atoms with Crippen LogP contribution in [0.4, 0.5) is 0 Å². The first-order valence-corrected chi connectivity index (χ1v) is 9.25. The van der Waals surface area contributed by atoms with Gasteiger partial charge < -0.3 is 15.5 Å². The van der Waals surface area contributed by atoms with Gasteiger partial charge in [-0.2, -0.15) is 11.3 Å². The third kappa shape index (κ3) is 2.91. The van der Waals surface area contributed by atoms with E-state index in [-0.39, 0.29) is 5.70 Å². The summed E-state index contributed by atoms with van der Waals surface area (Å²) < 4.78 is 0. The molecule has 3 atom stereocenters. The van der Waals surface area contributed by atoms with Crippen LogP contribution in [0.25, 0.3) is 0 Å². The van der Waals surface area contributed by atoms with Gasteiger partial charge in [0.15, 0.2) is 5.92 Å². The number of carbonyl (C=O) groups excluding carboxylic acids is 2. The fraction of sp³-hybridized carbons (Fsp3) is 0.333. The lowest BCUT2D eigenvalue weighted by Crippen LogP contribution is -2.70. The van der Waals surface area contributed by atoms with Gasteiger partial charge in [-0.05, 0) is 34.9 Å². The van der Waals surface area contributed by atoms with Crippen molar-refractivity contribution in [2.24, 2.45) is 0 Å². The highest BCUT2D eigenvalue weighted by Crippen LogP contribution is 2.40. The van der Waals surface area contributed by atoms with Crippen molar-refractivity contribution in [2.45, 2.75) is 24.3 Å². The molecule has 0 spiro atoms. The van der Waals surface area contributed by atoms with E-state index >= 15 is 0 Å². The van der Waals surface area contributed by atoms with E-state index in [2.05, 4.69) is 5.32 Å². The Morgan fingerprint density at radius 2 is 2.08 bits per heavy atom. The second-order valence-electron chi connectivity index (χ2n) is 5.66. The van der Waals surface area contributed by atoms with E-state index in [1.165, 1.54) is 23.1 Å². The van der Waals surface area contributed by atoms with Gasteiger partial charge in [-0.25, -0.2) is 4.79 Å². The molecular weight excluding hydrogens is 368 g/mol. The summed E-state index contributed by atoms with van der Waals surface area (Å²) in [5.74, 6) is -4.81. The Morgan fingerprint density at radius 3 is 2.64 bits per heavy atom. The predicted molar refractivity (Wildman–Crippen MR) is 90.1 cm³/mol. The van der Waals surface area contributed by atoms with Crippen molar-refractivity contribution >= 4 is 46.9 Å². The fourth-order valence-corrected chi connectivity index (χ4v) is 4.84. The lowest BCUT2D eigenvalue weighted by Gasteiger charge is -2.49. The van der Waals surface area contributed by atoms with Crippen LogP contribution in [0, 0.1) is 0 Å². The molecule has 0 bridgehead atoms.